The van der Waals surface area contributed by atoms with Crippen LogP contribution in [0, 0.1) is 6.92 Å². The van der Waals surface area contributed by atoms with E-state index in [9.17, 15) is 9.59 Å². The average molecular weight is 452 g/mol. The molecule has 0 saturated carbocycles. The predicted octanol–water partition coefficient (Wildman–Crippen LogP) is 3.17. The third kappa shape index (κ3) is 4.30. The highest BCUT2D eigenvalue weighted by Gasteiger charge is 2.17. The maximum Gasteiger partial charge on any atom is 0.269 e. The maximum atomic E-state index is 13.1. The van der Waals surface area contributed by atoms with Crippen LogP contribution >= 0.6 is 11.8 Å². The molecule has 4 aromatic rings. The first kappa shape index (κ1) is 21.4. The molecule has 0 fully saturated rings. The Kier molecular flexibility index (Phi) is 6.13. The first-order valence-electron chi connectivity index (χ1n) is 9.68. The smallest absolute Gasteiger partial charge is 0.269 e. The largest absolute Gasteiger partial charge is 0.497 e. The first-order chi connectivity index (χ1) is 15.5. The van der Waals surface area contributed by atoms with Crippen LogP contribution in [-0.4, -0.2) is 45.6 Å². The number of thioether (sulfide) groups is 1. The number of anilines is 1. The quantitative estimate of drug-likeness (QED) is 0.328. The van der Waals surface area contributed by atoms with Crippen molar-refractivity contribution in [3.8, 4) is 17.2 Å². The van der Waals surface area contributed by atoms with Gasteiger partial charge in [0.1, 0.15) is 16.9 Å². The molecule has 0 aliphatic rings. The highest BCUT2D eigenvalue weighted by Crippen LogP contribution is 2.29. The summed E-state index contributed by atoms with van der Waals surface area (Å²) in [7, 11) is 3.07. The minimum Gasteiger partial charge on any atom is -0.497 e. The van der Waals surface area contributed by atoms with Crippen molar-refractivity contribution in [3.63, 3.8) is 0 Å². The van der Waals surface area contributed by atoms with E-state index >= 15 is 0 Å². The standard InChI is InChI=1S/C22H21N5O4S/c1-13-4-6-14(7-5-13)27-21(29)16-11-23-26-20(16)25-22(27)32-12-19(28)24-17-9-8-15(30-2)10-18(17)31-3/h4-11H,12H2,1-3H3,(H,23,26)(H,24,28). The van der Waals surface area contributed by atoms with Gasteiger partial charge in [0.05, 0.1) is 37.5 Å². The lowest BCUT2D eigenvalue weighted by Crippen LogP contribution is -2.22. The number of H-pyrrole nitrogens is 1. The molecule has 2 aromatic carbocycles. The summed E-state index contributed by atoms with van der Waals surface area (Å²) >= 11 is 1.15. The van der Waals surface area contributed by atoms with E-state index in [-0.39, 0.29) is 17.2 Å². The fraction of sp³-hybridized carbons (Fsp3) is 0.182. The predicted molar refractivity (Wildman–Crippen MR) is 123 cm³/mol. The van der Waals surface area contributed by atoms with E-state index in [1.807, 2.05) is 31.2 Å². The van der Waals surface area contributed by atoms with Crippen molar-refractivity contribution >= 4 is 34.4 Å². The average Bonchev–Trinajstić information content (AvgIpc) is 3.28. The number of amides is 1. The third-order valence-corrected chi connectivity index (χ3v) is 5.70. The molecule has 10 heteroatoms. The Morgan fingerprint density at radius 1 is 1.16 bits per heavy atom. The van der Waals surface area contributed by atoms with Crippen LogP contribution in [0.5, 0.6) is 11.5 Å². The summed E-state index contributed by atoms with van der Waals surface area (Å²) in [4.78, 5) is 30.3. The Morgan fingerprint density at radius 2 is 1.94 bits per heavy atom. The summed E-state index contributed by atoms with van der Waals surface area (Å²) < 4.78 is 12.0. The van der Waals surface area contributed by atoms with Crippen LogP contribution < -0.4 is 20.3 Å². The summed E-state index contributed by atoms with van der Waals surface area (Å²) in [5, 5.41) is 10.2. The Balaban J connectivity index is 1.60. The number of methoxy groups -OCH3 is 2. The molecule has 32 heavy (non-hydrogen) atoms. The zero-order valence-corrected chi connectivity index (χ0v) is 18.5. The number of nitrogens with one attached hydrogen (secondary N) is 2. The van der Waals surface area contributed by atoms with E-state index in [1.54, 1.807) is 25.3 Å². The van der Waals surface area contributed by atoms with Gasteiger partial charge in [0.2, 0.25) is 5.91 Å². The Hall–Kier alpha value is -3.79. The summed E-state index contributed by atoms with van der Waals surface area (Å²) in [6.07, 6.45) is 1.45. The van der Waals surface area contributed by atoms with E-state index in [0.29, 0.717) is 39.1 Å². The van der Waals surface area contributed by atoms with E-state index in [1.165, 1.54) is 17.9 Å². The number of rotatable bonds is 7. The van der Waals surface area contributed by atoms with Gasteiger partial charge in [0.15, 0.2) is 10.8 Å². The minimum absolute atomic E-state index is 0.0348. The lowest BCUT2D eigenvalue weighted by molar-refractivity contribution is -0.113. The fourth-order valence-electron chi connectivity index (χ4n) is 3.11. The number of ether oxygens (including phenoxy) is 2. The molecule has 0 aliphatic heterocycles. The SMILES string of the molecule is COc1ccc(NC(=O)CSc2nc3[nH]ncc3c(=O)n2-c2ccc(C)cc2)c(OC)c1. The summed E-state index contributed by atoms with van der Waals surface area (Å²) in [6, 6.07) is 12.6. The number of fused-ring (bicyclic) bond motifs is 1. The van der Waals surface area contributed by atoms with Crippen LogP contribution in [0.15, 0.2) is 58.6 Å². The first-order valence-corrected chi connectivity index (χ1v) is 10.7. The van der Waals surface area contributed by atoms with Crippen molar-refractivity contribution < 1.29 is 14.3 Å². The van der Waals surface area contributed by atoms with Crippen molar-refractivity contribution in [1.82, 2.24) is 19.7 Å². The van der Waals surface area contributed by atoms with Gasteiger partial charge in [-0.2, -0.15) is 5.10 Å². The fourth-order valence-corrected chi connectivity index (χ4v) is 3.92. The second-order valence-electron chi connectivity index (χ2n) is 6.91. The zero-order chi connectivity index (χ0) is 22.7. The highest BCUT2D eigenvalue weighted by molar-refractivity contribution is 7.99. The maximum absolute atomic E-state index is 13.1. The molecule has 0 unspecified atom stereocenters. The van der Waals surface area contributed by atoms with E-state index < -0.39 is 0 Å². The normalized spacial score (nSPS) is 10.8. The summed E-state index contributed by atoms with van der Waals surface area (Å²) in [5.41, 5.74) is 2.37. The topological polar surface area (TPSA) is 111 Å². The second-order valence-corrected chi connectivity index (χ2v) is 7.85. The van der Waals surface area contributed by atoms with Crippen LogP contribution in [0.1, 0.15) is 5.56 Å². The molecular formula is C22H21N5O4S. The van der Waals surface area contributed by atoms with Gasteiger partial charge in [-0.25, -0.2) is 4.98 Å². The summed E-state index contributed by atoms with van der Waals surface area (Å²) in [6.45, 7) is 1.97. The summed E-state index contributed by atoms with van der Waals surface area (Å²) in [5.74, 6) is 0.866. The molecule has 9 nitrogen and oxygen atoms in total. The number of aryl methyl sites for hydroxylation is 1. The monoisotopic (exact) mass is 451 g/mol. The molecule has 0 aliphatic carbocycles. The molecular weight excluding hydrogens is 430 g/mol. The van der Waals surface area contributed by atoms with E-state index in [2.05, 4.69) is 20.5 Å². The van der Waals surface area contributed by atoms with Gasteiger partial charge < -0.3 is 14.8 Å². The Morgan fingerprint density at radius 3 is 2.66 bits per heavy atom. The molecule has 2 aromatic heterocycles. The second kappa shape index (κ2) is 9.15. The zero-order valence-electron chi connectivity index (χ0n) is 17.7. The van der Waals surface area contributed by atoms with Crippen molar-refractivity contribution in [2.24, 2.45) is 0 Å². The van der Waals surface area contributed by atoms with Gasteiger partial charge in [-0.15, -0.1) is 0 Å². The number of nitrogens with zero attached hydrogens (tertiary/aromatic N) is 3. The lowest BCUT2D eigenvalue weighted by Gasteiger charge is -2.13. The van der Waals surface area contributed by atoms with Crippen molar-refractivity contribution in [3.05, 3.63) is 64.6 Å². The molecule has 2 heterocycles. The highest BCUT2D eigenvalue weighted by atomic mass is 32.2. The number of carbonyl (C=O) groups is 1. The molecule has 0 atom stereocenters. The van der Waals surface area contributed by atoms with E-state index in [4.69, 9.17) is 9.47 Å². The molecule has 2 N–H and O–H groups in total. The number of hydrogen-bond donors (Lipinski definition) is 2. The van der Waals surface area contributed by atoms with Gasteiger partial charge in [0, 0.05) is 6.07 Å². The van der Waals surface area contributed by atoms with Crippen LogP contribution in [0.3, 0.4) is 0 Å². The van der Waals surface area contributed by atoms with Crippen LogP contribution in [0.2, 0.25) is 0 Å². The van der Waals surface area contributed by atoms with Gasteiger partial charge in [-0.3, -0.25) is 19.3 Å². The third-order valence-electron chi connectivity index (χ3n) is 4.76. The van der Waals surface area contributed by atoms with Crippen LogP contribution in [0.25, 0.3) is 16.7 Å². The molecule has 164 valence electrons. The molecule has 0 radical (unpaired) electrons. The van der Waals surface area contributed by atoms with Gasteiger partial charge in [-0.05, 0) is 31.2 Å². The minimum atomic E-state index is -0.270. The number of carbonyl (C=O) groups excluding carboxylic acids is 1. The lowest BCUT2D eigenvalue weighted by atomic mass is 10.2. The van der Waals surface area contributed by atoms with Gasteiger partial charge >= 0.3 is 0 Å². The van der Waals surface area contributed by atoms with Crippen molar-refractivity contribution in [2.45, 2.75) is 12.1 Å². The molecule has 4 rings (SSSR count). The van der Waals surface area contributed by atoms with Crippen molar-refractivity contribution in [2.75, 3.05) is 25.3 Å². The van der Waals surface area contributed by atoms with Crippen LogP contribution in [0.4, 0.5) is 5.69 Å². The van der Waals surface area contributed by atoms with Crippen LogP contribution in [-0.2, 0) is 4.79 Å². The van der Waals surface area contributed by atoms with Crippen molar-refractivity contribution in [1.29, 1.82) is 0 Å². The molecule has 1 amide bonds. The van der Waals surface area contributed by atoms with Gasteiger partial charge in [0.25, 0.3) is 5.56 Å². The Labute approximate surface area is 187 Å². The number of benzene rings is 2. The van der Waals surface area contributed by atoms with Gasteiger partial charge in [-0.1, -0.05) is 29.5 Å². The van der Waals surface area contributed by atoms with E-state index in [0.717, 1.165) is 17.3 Å². The number of hydrogen-bond acceptors (Lipinski definition) is 7. The number of aromatic amines is 1. The molecule has 0 bridgehead atoms. The number of aromatic nitrogens is 4. The molecule has 0 spiro atoms. The Bertz CT molecular complexity index is 1330. The molecule has 0 saturated heterocycles.